The van der Waals surface area contributed by atoms with Crippen molar-refractivity contribution < 1.29 is 4.79 Å². The van der Waals surface area contributed by atoms with Gasteiger partial charge in [-0.3, -0.25) is 4.79 Å². The zero-order valence-corrected chi connectivity index (χ0v) is 11.4. The van der Waals surface area contributed by atoms with Crippen LogP contribution in [-0.2, 0) is 0 Å². The molecule has 1 aromatic rings. The molecule has 0 unspecified atom stereocenters. The van der Waals surface area contributed by atoms with Gasteiger partial charge in [0.05, 0.1) is 17.0 Å². The standard InChI is InChI=1S/C14H18N2OS/c1-2-8-16(12-5-6-12)14(17)11-9-13(18-10-11)4-3-7-15/h9-10,12H,2,5-8,15H2,1H3. The molecule has 18 heavy (non-hydrogen) atoms. The van der Waals surface area contributed by atoms with Crippen LogP contribution in [0.5, 0.6) is 0 Å². The average Bonchev–Trinajstić information content (AvgIpc) is 3.11. The number of hydrogen-bond acceptors (Lipinski definition) is 3. The van der Waals surface area contributed by atoms with Gasteiger partial charge in [0.25, 0.3) is 5.91 Å². The Morgan fingerprint density at radius 1 is 1.61 bits per heavy atom. The molecule has 2 rings (SSSR count). The van der Waals surface area contributed by atoms with E-state index in [1.165, 1.54) is 11.3 Å². The summed E-state index contributed by atoms with van der Waals surface area (Å²) >= 11 is 1.51. The van der Waals surface area contributed by atoms with Crippen LogP contribution in [0.15, 0.2) is 11.4 Å². The fraction of sp³-hybridized carbons (Fsp3) is 0.500. The van der Waals surface area contributed by atoms with Gasteiger partial charge in [-0.05, 0) is 25.3 Å². The fourth-order valence-corrected chi connectivity index (χ4v) is 2.64. The lowest BCUT2D eigenvalue weighted by atomic mass is 10.2. The third-order valence-corrected chi connectivity index (χ3v) is 3.72. The van der Waals surface area contributed by atoms with Crippen LogP contribution in [0.3, 0.4) is 0 Å². The highest BCUT2D eigenvalue weighted by Gasteiger charge is 2.32. The van der Waals surface area contributed by atoms with Gasteiger partial charge in [0.15, 0.2) is 0 Å². The van der Waals surface area contributed by atoms with E-state index in [9.17, 15) is 4.79 Å². The Balaban J connectivity index is 2.09. The maximum absolute atomic E-state index is 12.4. The minimum Gasteiger partial charge on any atom is -0.336 e. The summed E-state index contributed by atoms with van der Waals surface area (Å²) in [6.45, 7) is 3.31. The van der Waals surface area contributed by atoms with Gasteiger partial charge in [-0.1, -0.05) is 18.8 Å². The van der Waals surface area contributed by atoms with Gasteiger partial charge < -0.3 is 10.6 Å². The molecule has 2 N–H and O–H groups in total. The first-order valence-corrected chi connectivity index (χ1v) is 7.22. The second-order valence-corrected chi connectivity index (χ2v) is 5.35. The maximum Gasteiger partial charge on any atom is 0.254 e. The lowest BCUT2D eigenvalue weighted by Crippen LogP contribution is -2.33. The SMILES string of the molecule is CCCN(C(=O)c1csc(C#CCN)c1)C1CC1. The Hall–Kier alpha value is -1.31. The Morgan fingerprint density at radius 2 is 2.39 bits per heavy atom. The Kier molecular flexibility index (Phi) is 4.40. The zero-order chi connectivity index (χ0) is 13.0. The van der Waals surface area contributed by atoms with Gasteiger partial charge >= 0.3 is 0 Å². The first kappa shape index (κ1) is 13.1. The predicted molar refractivity (Wildman–Crippen MR) is 74.6 cm³/mol. The van der Waals surface area contributed by atoms with Crippen LogP contribution in [0.25, 0.3) is 0 Å². The summed E-state index contributed by atoms with van der Waals surface area (Å²) in [6.07, 6.45) is 3.30. The second kappa shape index (κ2) is 6.03. The van der Waals surface area contributed by atoms with E-state index in [1.807, 2.05) is 16.3 Å². The molecule has 0 radical (unpaired) electrons. The summed E-state index contributed by atoms with van der Waals surface area (Å²) in [4.78, 5) is 15.3. The van der Waals surface area contributed by atoms with Crippen LogP contribution < -0.4 is 5.73 Å². The molecule has 1 amide bonds. The van der Waals surface area contributed by atoms with Crippen molar-refractivity contribution in [2.24, 2.45) is 5.73 Å². The van der Waals surface area contributed by atoms with E-state index in [-0.39, 0.29) is 5.91 Å². The Morgan fingerprint density at radius 3 is 3.00 bits per heavy atom. The molecule has 1 saturated carbocycles. The molecule has 1 fully saturated rings. The number of rotatable bonds is 4. The molecule has 1 aliphatic carbocycles. The first-order chi connectivity index (χ1) is 8.76. The van der Waals surface area contributed by atoms with Crippen molar-refractivity contribution in [3.63, 3.8) is 0 Å². The van der Waals surface area contributed by atoms with Crippen LogP contribution in [0.2, 0.25) is 0 Å². The number of amides is 1. The van der Waals surface area contributed by atoms with Crippen LogP contribution >= 0.6 is 11.3 Å². The highest BCUT2D eigenvalue weighted by Crippen LogP contribution is 2.29. The van der Waals surface area contributed by atoms with Crippen LogP contribution in [0.1, 0.15) is 41.4 Å². The van der Waals surface area contributed by atoms with Crippen molar-refractivity contribution in [2.45, 2.75) is 32.2 Å². The maximum atomic E-state index is 12.4. The van der Waals surface area contributed by atoms with Gasteiger partial charge in [-0.25, -0.2) is 0 Å². The number of hydrogen-bond donors (Lipinski definition) is 1. The van der Waals surface area contributed by atoms with Crippen LogP contribution in [0.4, 0.5) is 0 Å². The number of thiophene rings is 1. The molecule has 1 aliphatic rings. The van der Waals surface area contributed by atoms with Gasteiger partial charge in [-0.15, -0.1) is 11.3 Å². The van der Waals surface area contributed by atoms with Crippen molar-refractivity contribution in [3.8, 4) is 11.8 Å². The highest BCUT2D eigenvalue weighted by atomic mass is 32.1. The number of carbonyl (C=O) groups excluding carboxylic acids is 1. The van der Waals surface area contributed by atoms with E-state index in [1.54, 1.807) is 0 Å². The molecule has 0 atom stereocenters. The molecule has 0 saturated heterocycles. The summed E-state index contributed by atoms with van der Waals surface area (Å²) in [5.74, 6) is 5.93. The Bertz CT molecular complexity index is 479. The molecule has 0 spiro atoms. The van der Waals surface area contributed by atoms with Crippen molar-refractivity contribution >= 4 is 17.2 Å². The average molecular weight is 262 g/mol. The van der Waals surface area contributed by atoms with Gasteiger partial charge in [0, 0.05) is 18.0 Å². The highest BCUT2D eigenvalue weighted by molar-refractivity contribution is 7.10. The van der Waals surface area contributed by atoms with Gasteiger partial charge in [0.1, 0.15) is 0 Å². The summed E-state index contributed by atoms with van der Waals surface area (Å²) in [7, 11) is 0. The van der Waals surface area contributed by atoms with E-state index >= 15 is 0 Å². The lowest BCUT2D eigenvalue weighted by Gasteiger charge is -2.20. The normalized spacial score (nSPS) is 13.9. The fourth-order valence-electron chi connectivity index (χ4n) is 1.89. The van der Waals surface area contributed by atoms with Crippen molar-refractivity contribution in [3.05, 3.63) is 21.9 Å². The monoisotopic (exact) mass is 262 g/mol. The minimum atomic E-state index is 0.149. The molecule has 1 heterocycles. The quantitative estimate of drug-likeness (QED) is 0.844. The number of carbonyl (C=O) groups is 1. The third-order valence-electron chi connectivity index (χ3n) is 2.87. The largest absolute Gasteiger partial charge is 0.336 e. The zero-order valence-electron chi connectivity index (χ0n) is 10.6. The smallest absolute Gasteiger partial charge is 0.254 e. The van der Waals surface area contributed by atoms with E-state index in [0.29, 0.717) is 12.6 Å². The summed E-state index contributed by atoms with van der Waals surface area (Å²) in [5.41, 5.74) is 6.10. The molecule has 4 heteroatoms. The number of nitrogens with zero attached hydrogens (tertiary/aromatic N) is 1. The molecular weight excluding hydrogens is 244 g/mol. The third kappa shape index (κ3) is 3.12. The number of nitrogens with two attached hydrogens (primary N) is 1. The first-order valence-electron chi connectivity index (χ1n) is 6.34. The summed E-state index contributed by atoms with van der Waals surface area (Å²) in [6, 6.07) is 2.34. The lowest BCUT2D eigenvalue weighted by molar-refractivity contribution is 0.0743. The molecule has 1 aromatic heterocycles. The second-order valence-electron chi connectivity index (χ2n) is 4.44. The molecule has 0 aromatic carbocycles. The van der Waals surface area contributed by atoms with E-state index < -0.39 is 0 Å². The van der Waals surface area contributed by atoms with E-state index in [2.05, 4.69) is 18.8 Å². The molecule has 96 valence electrons. The van der Waals surface area contributed by atoms with Crippen molar-refractivity contribution in [1.29, 1.82) is 0 Å². The van der Waals surface area contributed by atoms with Crippen LogP contribution in [0, 0.1) is 11.8 Å². The topological polar surface area (TPSA) is 46.3 Å². The summed E-state index contributed by atoms with van der Waals surface area (Å²) < 4.78 is 0. The predicted octanol–water partition coefficient (Wildman–Crippen LogP) is 2.07. The molecule has 0 aliphatic heterocycles. The van der Waals surface area contributed by atoms with Gasteiger partial charge in [0.2, 0.25) is 0 Å². The summed E-state index contributed by atoms with van der Waals surface area (Å²) in [5, 5.41) is 1.90. The van der Waals surface area contributed by atoms with Crippen LogP contribution in [-0.4, -0.2) is 29.9 Å². The molecular formula is C14H18N2OS. The van der Waals surface area contributed by atoms with E-state index in [4.69, 9.17) is 5.73 Å². The Labute approximate surface area is 112 Å². The van der Waals surface area contributed by atoms with Crippen molar-refractivity contribution in [1.82, 2.24) is 4.90 Å². The molecule has 0 bridgehead atoms. The van der Waals surface area contributed by atoms with E-state index in [0.717, 1.165) is 36.2 Å². The van der Waals surface area contributed by atoms with Crippen molar-refractivity contribution in [2.75, 3.05) is 13.1 Å². The minimum absolute atomic E-state index is 0.149. The van der Waals surface area contributed by atoms with Gasteiger partial charge in [-0.2, -0.15) is 0 Å². The molecule has 3 nitrogen and oxygen atoms in total.